The highest BCUT2D eigenvalue weighted by molar-refractivity contribution is 9.10. The van der Waals surface area contributed by atoms with Crippen LogP contribution in [0, 0.1) is 6.92 Å². The third-order valence-electron chi connectivity index (χ3n) is 4.92. The van der Waals surface area contributed by atoms with Gasteiger partial charge < -0.3 is 19.8 Å². The first-order valence-corrected chi connectivity index (χ1v) is 10.4. The second kappa shape index (κ2) is 8.94. The Kier molecular flexibility index (Phi) is 6.13. The SMILES string of the molecule is Cc1cc(Nc2nc(C(=O)NCCN3CCOCC3)cc3occc23)ccc1Br. The van der Waals surface area contributed by atoms with Crippen LogP contribution in [0.4, 0.5) is 11.5 Å². The average Bonchev–Trinajstić information content (AvgIpc) is 3.20. The van der Waals surface area contributed by atoms with Gasteiger partial charge in [-0.05, 0) is 36.8 Å². The molecule has 0 aliphatic carbocycles. The molecule has 29 heavy (non-hydrogen) atoms. The molecule has 1 aromatic carbocycles. The van der Waals surface area contributed by atoms with Crippen LogP contribution in [0.3, 0.4) is 0 Å². The summed E-state index contributed by atoms with van der Waals surface area (Å²) in [7, 11) is 0. The van der Waals surface area contributed by atoms with Crippen molar-refractivity contribution in [2.45, 2.75) is 6.92 Å². The van der Waals surface area contributed by atoms with E-state index in [1.807, 2.05) is 31.2 Å². The van der Waals surface area contributed by atoms with E-state index in [0.29, 0.717) is 23.6 Å². The van der Waals surface area contributed by atoms with Crippen molar-refractivity contribution in [1.82, 2.24) is 15.2 Å². The van der Waals surface area contributed by atoms with Gasteiger partial charge in [0.1, 0.15) is 17.1 Å². The number of rotatable bonds is 6. The van der Waals surface area contributed by atoms with Crippen LogP contribution in [-0.4, -0.2) is 55.2 Å². The number of nitrogens with one attached hydrogen (secondary N) is 2. The lowest BCUT2D eigenvalue weighted by Crippen LogP contribution is -2.41. The molecule has 0 radical (unpaired) electrons. The number of carbonyl (C=O) groups excluding carboxylic acids is 1. The number of anilines is 2. The Morgan fingerprint density at radius 3 is 2.86 bits per heavy atom. The van der Waals surface area contributed by atoms with Gasteiger partial charge in [-0.1, -0.05) is 15.9 Å². The molecule has 2 N–H and O–H groups in total. The number of amides is 1. The highest BCUT2D eigenvalue weighted by Gasteiger charge is 2.15. The van der Waals surface area contributed by atoms with E-state index in [1.165, 1.54) is 0 Å². The van der Waals surface area contributed by atoms with Gasteiger partial charge in [0.2, 0.25) is 0 Å². The first-order valence-electron chi connectivity index (χ1n) is 9.60. The zero-order valence-electron chi connectivity index (χ0n) is 16.2. The number of carbonyl (C=O) groups is 1. The van der Waals surface area contributed by atoms with Crippen LogP contribution in [0.25, 0.3) is 11.0 Å². The highest BCUT2D eigenvalue weighted by atomic mass is 79.9. The molecule has 1 fully saturated rings. The standard InChI is InChI=1S/C21H23BrN4O3/c1-14-12-15(2-3-17(14)22)24-20-16-4-9-29-19(16)13-18(25-20)21(27)23-5-6-26-7-10-28-11-8-26/h2-4,9,12-13H,5-8,10-11H2,1H3,(H,23,27)(H,24,25). The monoisotopic (exact) mass is 458 g/mol. The number of hydrogen-bond donors (Lipinski definition) is 2. The Morgan fingerprint density at radius 1 is 1.24 bits per heavy atom. The van der Waals surface area contributed by atoms with Crippen LogP contribution in [0.15, 0.2) is 45.5 Å². The summed E-state index contributed by atoms with van der Waals surface area (Å²) in [4.78, 5) is 19.5. The molecule has 1 aliphatic rings. The molecule has 0 atom stereocenters. The molecule has 1 amide bonds. The van der Waals surface area contributed by atoms with Crippen molar-refractivity contribution in [3.05, 3.63) is 52.3 Å². The Hall–Kier alpha value is -2.42. The van der Waals surface area contributed by atoms with Gasteiger partial charge in [0.15, 0.2) is 0 Å². The molecule has 3 aromatic rings. The summed E-state index contributed by atoms with van der Waals surface area (Å²) in [5, 5.41) is 7.09. The molecule has 152 valence electrons. The number of ether oxygens (including phenoxy) is 1. The van der Waals surface area contributed by atoms with Gasteiger partial charge in [-0.15, -0.1) is 0 Å². The molecule has 0 saturated carbocycles. The van der Waals surface area contributed by atoms with Crippen LogP contribution in [0.5, 0.6) is 0 Å². The number of aromatic nitrogens is 1. The van der Waals surface area contributed by atoms with Crippen molar-refractivity contribution in [3.63, 3.8) is 0 Å². The molecule has 0 unspecified atom stereocenters. The van der Waals surface area contributed by atoms with Gasteiger partial charge in [0, 0.05) is 42.4 Å². The van der Waals surface area contributed by atoms with E-state index in [4.69, 9.17) is 9.15 Å². The summed E-state index contributed by atoms with van der Waals surface area (Å²) in [6, 6.07) is 9.48. The van der Waals surface area contributed by atoms with Crippen molar-refractivity contribution in [2.75, 3.05) is 44.7 Å². The number of furan rings is 1. The fourth-order valence-electron chi connectivity index (χ4n) is 3.28. The molecule has 1 saturated heterocycles. The zero-order valence-corrected chi connectivity index (χ0v) is 17.8. The number of nitrogens with zero attached hydrogens (tertiary/aromatic N) is 2. The van der Waals surface area contributed by atoms with E-state index in [0.717, 1.165) is 54.0 Å². The molecular weight excluding hydrogens is 436 g/mol. The van der Waals surface area contributed by atoms with Crippen LogP contribution >= 0.6 is 15.9 Å². The molecule has 7 nitrogen and oxygen atoms in total. The minimum Gasteiger partial charge on any atom is -0.464 e. The number of hydrogen-bond acceptors (Lipinski definition) is 6. The van der Waals surface area contributed by atoms with Crippen molar-refractivity contribution in [3.8, 4) is 0 Å². The zero-order chi connectivity index (χ0) is 20.2. The van der Waals surface area contributed by atoms with Gasteiger partial charge in [0.25, 0.3) is 5.91 Å². The first-order chi connectivity index (χ1) is 14.1. The number of morpholine rings is 1. The number of aryl methyl sites for hydroxylation is 1. The molecule has 0 spiro atoms. The number of pyridine rings is 1. The lowest BCUT2D eigenvalue weighted by molar-refractivity contribution is 0.0383. The lowest BCUT2D eigenvalue weighted by atomic mass is 10.2. The Balaban J connectivity index is 1.49. The van der Waals surface area contributed by atoms with Gasteiger partial charge in [-0.2, -0.15) is 0 Å². The van der Waals surface area contributed by atoms with Gasteiger partial charge >= 0.3 is 0 Å². The maximum Gasteiger partial charge on any atom is 0.270 e. The Morgan fingerprint density at radius 2 is 2.07 bits per heavy atom. The predicted molar refractivity (Wildman–Crippen MR) is 116 cm³/mol. The summed E-state index contributed by atoms with van der Waals surface area (Å²) in [6.45, 7) is 6.66. The second-order valence-corrected chi connectivity index (χ2v) is 7.84. The summed E-state index contributed by atoms with van der Waals surface area (Å²) >= 11 is 3.51. The fourth-order valence-corrected chi connectivity index (χ4v) is 3.53. The van der Waals surface area contributed by atoms with E-state index in [1.54, 1.807) is 12.3 Å². The minimum atomic E-state index is -0.216. The van der Waals surface area contributed by atoms with Crippen LogP contribution in [-0.2, 0) is 4.74 Å². The molecule has 0 bridgehead atoms. The first kappa shape index (κ1) is 19.9. The van der Waals surface area contributed by atoms with E-state index >= 15 is 0 Å². The average molecular weight is 459 g/mol. The Labute approximate surface area is 177 Å². The topological polar surface area (TPSA) is 79.6 Å². The van der Waals surface area contributed by atoms with E-state index in [-0.39, 0.29) is 5.91 Å². The van der Waals surface area contributed by atoms with Crippen LogP contribution in [0.1, 0.15) is 16.1 Å². The fraction of sp³-hybridized carbons (Fsp3) is 0.333. The summed E-state index contributed by atoms with van der Waals surface area (Å²) in [5.41, 5.74) is 2.95. The predicted octanol–water partition coefficient (Wildman–Crippen LogP) is 3.70. The van der Waals surface area contributed by atoms with E-state index < -0.39 is 0 Å². The minimum absolute atomic E-state index is 0.216. The van der Waals surface area contributed by atoms with E-state index in [9.17, 15) is 4.79 Å². The maximum atomic E-state index is 12.7. The van der Waals surface area contributed by atoms with Crippen LogP contribution < -0.4 is 10.6 Å². The molecule has 4 rings (SSSR count). The van der Waals surface area contributed by atoms with E-state index in [2.05, 4.69) is 36.4 Å². The van der Waals surface area contributed by atoms with Crippen molar-refractivity contribution < 1.29 is 13.9 Å². The summed E-state index contributed by atoms with van der Waals surface area (Å²) in [6.07, 6.45) is 1.60. The highest BCUT2D eigenvalue weighted by Crippen LogP contribution is 2.28. The number of halogens is 1. The van der Waals surface area contributed by atoms with Crippen molar-refractivity contribution >= 4 is 44.3 Å². The van der Waals surface area contributed by atoms with Gasteiger partial charge in [-0.25, -0.2) is 4.98 Å². The smallest absolute Gasteiger partial charge is 0.270 e. The number of benzene rings is 1. The van der Waals surface area contributed by atoms with Gasteiger partial charge in [-0.3, -0.25) is 9.69 Å². The second-order valence-electron chi connectivity index (χ2n) is 6.99. The molecular formula is C21H23BrN4O3. The van der Waals surface area contributed by atoms with Gasteiger partial charge in [0.05, 0.1) is 24.9 Å². The molecule has 2 aromatic heterocycles. The summed E-state index contributed by atoms with van der Waals surface area (Å²) < 4.78 is 11.9. The maximum absolute atomic E-state index is 12.7. The molecule has 8 heteroatoms. The molecule has 3 heterocycles. The Bertz CT molecular complexity index is 1010. The summed E-state index contributed by atoms with van der Waals surface area (Å²) in [5.74, 6) is 0.378. The largest absolute Gasteiger partial charge is 0.464 e. The third-order valence-corrected chi connectivity index (χ3v) is 5.81. The number of fused-ring (bicyclic) bond motifs is 1. The lowest BCUT2D eigenvalue weighted by Gasteiger charge is -2.26. The molecule has 1 aliphatic heterocycles. The van der Waals surface area contributed by atoms with Crippen molar-refractivity contribution in [2.24, 2.45) is 0 Å². The van der Waals surface area contributed by atoms with Crippen molar-refractivity contribution in [1.29, 1.82) is 0 Å². The quantitative estimate of drug-likeness (QED) is 0.585. The third kappa shape index (κ3) is 4.77. The van der Waals surface area contributed by atoms with Crippen LogP contribution in [0.2, 0.25) is 0 Å². The normalized spacial score (nSPS) is 14.8.